The van der Waals surface area contributed by atoms with E-state index in [0.29, 0.717) is 12.2 Å². The van der Waals surface area contributed by atoms with Gasteiger partial charge in [-0.15, -0.1) is 0 Å². The number of nitrogens with one attached hydrogen (secondary N) is 2. The molecule has 8 nitrogen and oxygen atoms in total. The van der Waals surface area contributed by atoms with Crippen LogP contribution in [0.25, 0.3) is 0 Å². The number of nitrogens with zero attached hydrogens (tertiary/aromatic N) is 2. The van der Waals surface area contributed by atoms with Crippen LogP contribution < -0.4 is 4.72 Å². The lowest BCUT2D eigenvalue weighted by Crippen LogP contribution is -2.26. The van der Waals surface area contributed by atoms with Crippen LogP contribution in [0, 0.1) is 10.1 Å². The standard InChI is InChI=1S/C11H12N4O4S/c16-15(17)9-3-1-2-4-10(9)20(18,19)14-6-5-11-12-7-8-13-11/h1-4,7-8,14H,5-6H2,(H,12,13). The zero-order valence-electron chi connectivity index (χ0n) is 10.3. The van der Waals surface area contributed by atoms with Crippen molar-refractivity contribution in [3.8, 4) is 0 Å². The van der Waals surface area contributed by atoms with E-state index in [4.69, 9.17) is 0 Å². The van der Waals surface area contributed by atoms with Crippen molar-refractivity contribution >= 4 is 15.7 Å². The molecule has 1 aromatic heterocycles. The van der Waals surface area contributed by atoms with Crippen molar-refractivity contribution < 1.29 is 13.3 Å². The average Bonchev–Trinajstić information content (AvgIpc) is 2.91. The lowest BCUT2D eigenvalue weighted by atomic mass is 10.3. The number of para-hydroxylation sites is 1. The molecule has 1 heterocycles. The minimum Gasteiger partial charge on any atom is -0.349 e. The average molecular weight is 296 g/mol. The van der Waals surface area contributed by atoms with E-state index < -0.39 is 20.6 Å². The minimum atomic E-state index is -3.92. The van der Waals surface area contributed by atoms with Crippen LogP contribution in [0.5, 0.6) is 0 Å². The number of rotatable bonds is 6. The van der Waals surface area contributed by atoms with Crippen LogP contribution in [-0.4, -0.2) is 29.9 Å². The Labute approximate surface area is 115 Å². The second kappa shape index (κ2) is 5.80. The number of nitro benzene ring substituents is 1. The Morgan fingerprint density at radius 2 is 2.10 bits per heavy atom. The topological polar surface area (TPSA) is 118 Å². The van der Waals surface area contributed by atoms with Gasteiger partial charge in [-0.25, -0.2) is 18.1 Å². The Hall–Kier alpha value is -2.26. The maximum atomic E-state index is 12.0. The van der Waals surface area contributed by atoms with Crippen LogP contribution in [0.1, 0.15) is 5.82 Å². The molecule has 0 unspecified atom stereocenters. The number of nitro groups is 1. The molecule has 0 spiro atoms. The lowest BCUT2D eigenvalue weighted by molar-refractivity contribution is -0.387. The van der Waals surface area contributed by atoms with Crippen LogP contribution in [0.15, 0.2) is 41.6 Å². The molecule has 0 atom stereocenters. The molecule has 9 heteroatoms. The third-order valence-corrected chi connectivity index (χ3v) is 4.07. The third-order valence-electron chi connectivity index (χ3n) is 2.56. The zero-order valence-corrected chi connectivity index (χ0v) is 11.1. The molecule has 0 fully saturated rings. The Kier molecular flexibility index (Phi) is 4.11. The van der Waals surface area contributed by atoms with E-state index in [-0.39, 0.29) is 11.4 Å². The van der Waals surface area contributed by atoms with Gasteiger partial charge in [-0.2, -0.15) is 0 Å². The number of benzene rings is 1. The monoisotopic (exact) mass is 296 g/mol. The summed E-state index contributed by atoms with van der Waals surface area (Å²) in [6.45, 7) is 0.0991. The summed E-state index contributed by atoms with van der Waals surface area (Å²) in [5.74, 6) is 0.635. The van der Waals surface area contributed by atoms with Gasteiger partial charge in [0.2, 0.25) is 10.0 Å². The maximum absolute atomic E-state index is 12.0. The SMILES string of the molecule is O=[N+]([O-])c1ccccc1S(=O)(=O)NCCc1ncc[nH]1. The van der Waals surface area contributed by atoms with Crippen molar-refractivity contribution in [2.75, 3.05) is 6.54 Å². The zero-order chi connectivity index (χ0) is 14.6. The number of H-pyrrole nitrogens is 1. The fraction of sp³-hybridized carbons (Fsp3) is 0.182. The minimum absolute atomic E-state index is 0.0991. The Bertz CT molecular complexity index is 697. The van der Waals surface area contributed by atoms with Crippen molar-refractivity contribution in [3.63, 3.8) is 0 Å². The predicted octanol–water partition coefficient (Wildman–Crippen LogP) is 0.839. The van der Waals surface area contributed by atoms with Gasteiger partial charge < -0.3 is 4.98 Å². The van der Waals surface area contributed by atoms with Crippen LogP contribution in [0.4, 0.5) is 5.69 Å². The number of imidazole rings is 1. The summed E-state index contributed by atoms with van der Waals surface area (Å²) in [7, 11) is -3.92. The van der Waals surface area contributed by atoms with Crippen LogP contribution >= 0.6 is 0 Å². The number of aromatic nitrogens is 2. The fourth-order valence-corrected chi connectivity index (χ4v) is 2.85. The van der Waals surface area contributed by atoms with Gasteiger partial charge in [0.05, 0.1) is 4.92 Å². The molecule has 0 bridgehead atoms. The van der Waals surface area contributed by atoms with Gasteiger partial charge in [0, 0.05) is 31.4 Å². The van der Waals surface area contributed by atoms with E-state index in [1.165, 1.54) is 18.2 Å². The number of hydrogen-bond acceptors (Lipinski definition) is 5. The summed E-state index contributed by atoms with van der Waals surface area (Å²) in [4.78, 5) is 16.6. The summed E-state index contributed by atoms with van der Waals surface area (Å²) in [5.41, 5.74) is -0.446. The van der Waals surface area contributed by atoms with Crippen molar-refractivity contribution in [1.29, 1.82) is 0 Å². The molecular formula is C11H12N4O4S. The molecule has 0 aliphatic rings. The van der Waals surface area contributed by atoms with E-state index in [2.05, 4.69) is 14.7 Å². The van der Waals surface area contributed by atoms with Crippen LogP contribution in [-0.2, 0) is 16.4 Å². The molecule has 0 saturated heterocycles. The molecule has 1 aromatic carbocycles. The molecule has 0 aliphatic heterocycles. The van der Waals surface area contributed by atoms with Crippen LogP contribution in [0.3, 0.4) is 0 Å². The summed E-state index contributed by atoms with van der Waals surface area (Å²) < 4.78 is 26.4. The van der Waals surface area contributed by atoms with Gasteiger partial charge in [-0.1, -0.05) is 12.1 Å². The van der Waals surface area contributed by atoms with E-state index in [1.807, 2.05) is 0 Å². The van der Waals surface area contributed by atoms with Crippen LogP contribution in [0.2, 0.25) is 0 Å². The Morgan fingerprint density at radius 1 is 1.35 bits per heavy atom. The molecule has 0 saturated carbocycles. The highest BCUT2D eigenvalue weighted by Crippen LogP contribution is 2.22. The Morgan fingerprint density at radius 3 is 2.75 bits per heavy atom. The van der Waals surface area contributed by atoms with Gasteiger partial charge in [-0.3, -0.25) is 10.1 Å². The maximum Gasteiger partial charge on any atom is 0.289 e. The molecule has 2 N–H and O–H groups in total. The highest BCUT2D eigenvalue weighted by atomic mass is 32.2. The van der Waals surface area contributed by atoms with Gasteiger partial charge in [0.15, 0.2) is 4.90 Å². The molecule has 106 valence electrons. The quantitative estimate of drug-likeness (QED) is 0.605. The highest BCUT2D eigenvalue weighted by molar-refractivity contribution is 7.89. The van der Waals surface area contributed by atoms with Gasteiger partial charge in [0.1, 0.15) is 5.82 Å². The number of aromatic amines is 1. The molecule has 20 heavy (non-hydrogen) atoms. The molecule has 0 amide bonds. The van der Waals surface area contributed by atoms with Gasteiger partial charge in [0.25, 0.3) is 5.69 Å². The van der Waals surface area contributed by atoms with E-state index >= 15 is 0 Å². The molecule has 2 rings (SSSR count). The van der Waals surface area contributed by atoms with Crippen molar-refractivity contribution in [2.45, 2.75) is 11.3 Å². The molecular weight excluding hydrogens is 284 g/mol. The van der Waals surface area contributed by atoms with Gasteiger partial charge in [-0.05, 0) is 6.07 Å². The third kappa shape index (κ3) is 3.19. The number of hydrogen-bond donors (Lipinski definition) is 2. The van der Waals surface area contributed by atoms with E-state index in [9.17, 15) is 18.5 Å². The molecule has 0 radical (unpaired) electrons. The lowest BCUT2D eigenvalue weighted by Gasteiger charge is -2.06. The normalized spacial score (nSPS) is 11.4. The second-order valence-electron chi connectivity index (χ2n) is 3.91. The highest BCUT2D eigenvalue weighted by Gasteiger charge is 2.24. The second-order valence-corrected chi connectivity index (χ2v) is 5.64. The predicted molar refractivity (Wildman–Crippen MR) is 70.6 cm³/mol. The first-order valence-electron chi connectivity index (χ1n) is 5.72. The summed E-state index contributed by atoms with van der Waals surface area (Å²) >= 11 is 0. The summed E-state index contributed by atoms with van der Waals surface area (Å²) in [6.07, 6.45) is 3.56. The Balaban J connectivity index is 2.12. The molecule has 0 aliphatic carbocycles. The largest absolute Gasteiger partial charge is 0.349 e. The number of sulfonamides is 1. The van der Waals surface area contributed by atoms with Crippen molar-refractivity contribution in [2.24, 2.45) is 0 Å². The fourth-order valence-electron chi connectivity index (χ4n) is 1.65. The van der Waals surface area contributed by atoms with Crippen molar-refractivity contribution in [1.82, 2.24) is 14.7 Å². The summed E-state index contributed by atoms with van der Waals surface area (Å²) in [5, 5.41) is 10.8. The summed E-state index contributed by atoms with van der Waals surface area (Å²) in [6, 6.07) is 5.21. The first kappa shape index (κ1) is 14.2. The first-order valence-corrected chi connectivity index (χ1v) is 7.20. The van der Waals surface area contributed by atoms with Gasteiger partial charge >= 0.3 is 0 Å². The first-order chi connectivity index (χ1) is 9.50. The van der Waals surface area contributed by atoms with E-state index in [0.717, 1.165) is 6.07 Å². The van der Waals surface area contributed by atoms with Crippen molar-refractivity contribution in [3.05, 3.63) is 52.6 Å². The smallest absolute Gasteiger partial charge is 0.289 e. The molecule has 2 aromatic rings. The van der Waals surface area contributed by atoms with E-state index in [1.54, 1.807) is 12.4 Å².